The van der Waals surface area contributed by atoms with Gasteiger partial charge in [-0.3, -0.25) is 0 Å². The molecular formula is C12H12O3. The van der Waals surface area contributed by atoms with Crippen molar-refractivity contribution in [3.05, 3.63) is 41.5 Å². The monoisotopic (exact) mass is 204 g/mol. The molecule has 1 aromatic rings. The van der Waals surface area contributed by atoms with E-state index in [1.54, 1.807) is 32.0 Å². The molecule has 1 aromatic carbocycles. The molecule has 1 heterocycles. The van der Waals surface area contributed by atoms with Crippen molar-refractivity contribution in [3.8, 4) is 0 Å². The number of rotatable bonds is 1. The average molecular weight is 204 g/mol. The fourth-order valence-electron chi connectivity index (χ4n) is 1.51. The fourth-order valence-corrected chi connectivity index (χ4v) is 1.51. The molecule has 3 heteroatoms. The van der Waals surface area contributed by atoms with E-state index in [1.807, 2.05) is 6.07 Å². The van der Waals surface area contributed by atoms with Crippen LogP contribution in [0.5, 0.6) is 0 Å². The lowest BCUT2D eigenvalue weighted by Gasteiger charge is -2.11. The van der Waals surface area contributed by atoms with Gasteiger partial charge in [-0.15, -0.1) is 0 Å². The summed E-state index contributed by atoms with van der Waals surface area (Å²) in [4.78, 5) is 11.4. The molecule has 2 rings (SSSR count). The Bertz CT molecular complexity index is 438. The van der Waals surface area contributed by atoms with Crippen molar-refractivity contribution < 1.29 is 14.6 Å². The molecule has 0 aliphatic carbocycles. The van der Waals surface area contributed by atoms with Gasteiger partial charge in [0.15, 0.2) is 0 Å². The largest absolute Gasteiger partial charge is 0.422 e. The van der Waals surface area contributed by atoms with Crippen molar-refractivity contribution in [1.82, 2.24) is 0 Å². The minimum absolute atomic E-state index is 0.360. The molecule has 0 spiro atoms. The number of fused-ring (bicyclic) bond motifs is 1. The standard InChI is InChI=1S/C12H12O3/c1-12(2,14)7-10-8-5-3-4-6-9(8)11(13)15-10/h3-7,14H,1-2H3/b10-7+. The Morgan fingerprint density at radius 3 is 2.47 bits per heavy atom. The zero-order valence-electron chi connectivity index (χ0n) is 8.65. The Balaban J connectivity index is 2.50. The Kier molecular flexibility index (Phi) is 2.12. The Morgan fingerprint density at radius 2 is 1.87 bits per heavy atom. The lowest BCUT2D eigenvalue weighted by Crippen LogP contribution is -2.14. The van der Waals surface area contributed by atoms with Gasteiger partial charge in [-0.05, 0) is 26.0 Å². The number of carbonyl (C=O) groups is 1. The van der Waals surface area contributed by atoms with Crippen LogP contribution in [0.25, 0.3) is 5.76 Å². The maximum atomic E-state index is 11.4. The third-order valence-electron chi connectivity index (χ3n) is 2.10. The summed E-state index contributed by atoms with van der Waals surface area (Å²) in [6.07, 6.45) is 1.54. The molecule has 0 saturated carbocycles. The number of hydrogen-bond acceptors (Lipinski definition) is 3. The molecule has 1 N–H and O–H groups in total. The van der Waals surface area contributed by atoms with Gasteiger partial charge in [0, 0.05) is 5.56 Å². The summed E-state index contributed by atoms with van der Waals surface area (Å²) in [7, 11) is 0. The number of esters is 1. The van der Waals surface area contributed by atoms with E-state index in [1.165, 1.54) is 6.08 Å². The predicted octanol–water partition coefficient (Wildman–Crippen LogP) is 1.97. The minimum atomic E-state index is -0.993. The molecule has 0 radical (unpaired) electrons. The Labute approximate surface area is 88.0 Å². The van der Waals surface area contributed by atoms with Crippen LogP contribution in [0.3, 0.4) is 0 Å². The van der Waals surface area contributed by atoms with Crippen molar-refractivity contribution in [2.45, 2.75) is 19.4 Å². The molecule has 0 unspecified atom stereocenters. The van der Waals surface area contributed by atoms with Crippen LogP contribution in [0.2, 0.25) is 0 Å². The zero-order chi connectivity index (χ0) is 11.1. The van der Waals surface area contributed by atoms with E-state index in [4.69, 9.17) is 4.74 Å². The van der Waals surface area contributed by atoms with Crippen LogP contribution in [0, 0.1) is 0 Å². The number of ether oxygens (including phenoxy) is 1. The topological polar surface area (TPSA) is 46.5 Å². The van der Waals surface area contributed by atoms with Gasteiger partial charge in [-0.1, -0.05) is 18.2 Å². The summed E-state index contributed by atoms with van der Waals surface area (Å²) in [5.41, 5.74) is 0.296. The fraction of sp³-hybridized carbons (Fsp3) is 0.250. The summed E-state index contributed by atoms with van der Waals surface area (Å²) in [5, 5.41) is 9.62. The van der Waals surface area contributed by atoms with Gasteiger partial charge >= 0.3 is 5.97 Å². The summed E-state index contributed by atoms with van der Waals surface area (Å²) < 4.78 is 5.07. The van der Waals surface area contributed by atoms with E-state index in [0.29, 0.717) is 11.3 Å². The number of cyclic esters (lactones) is 1. The second-order valence-electron chi connectivity index (χ2n) is 4.10. The average Bonchev–Trinajstić information content (AvgIpc) is 2.42. The number of hydrogen-bond donors (Lipinski definition) is 1. The zero-order valence-corrected chi connectivity index (χ0v) is 8.65. The molecule has 1 aliphatic rings. The molecule has 0 aromatic heterocycles. The van der Waals surface area contributed by atoms with Crippen LogP contribution in [0.15, 0.2) is 30.3 Å². The van der Waals surface area contributed by atoms with Crippen LogP contribution < -0.4 is 0 Å². The van der Waals surface area contributed by atoms with Crippen LogP contribution in [-0.2, 0) is 4.74 Å². The highest BCUT2D eigenvalue weighted by Gasteiger charge is 2.27. The van der Waals surface area contributed by atoms with Crippen molar-refractivity contribution in [3.63, 3.8) is 0 Å². The number of carbonyl (C=O) groups excluding carboxylic acids is 1. The predicted molar refractivity (Wildman–Crippen MR) is 56.1 cm³/mol. The van der Waals surface area contributed by atoms with Crippen LogP contribution in [-0.4, -0.2) is 16.7 Å². The third-order valence-corrected chi connectivity index (χ3v) is 2.10. The molecule has 0 amide bonds. The summed E-state index contributed by atoms with van der Waals surface area (Å²) in [5.74, 6) is 0.0733. The molecule has 3 nitrogen and oxygen atoms in total. The first-order valence-corrected chi connectivity index (χ1v) is 4.74. The maximum Gasteiger partial charge on any atom is 0.344 e. The van der Waals surface area contributed by atoms with Gasteiger partial charge in [0.2, 0.25) is 0 Å². The van der Waals surface area contributed by atoms with E-state index in [-0.39, 0.29) is 5.97 Å². The highest BCUT2D eigenvalue weighted by atomic mass is 16.5. The summed E-state index contributed by atoms with van der Waals surface area (Å²) >= 11 is 0. The van der Waals surface area contributed by atoms with Crippen LogP contribution >= 0.6 is 0 Å². The lowest BCUT2D eigenvalue weighted by molar-refractivity contribution is 0.0709. The first-order valence-electron chi connectivity index (χ1n) is 4.74. The second kappa shape index (κ2) is 3.21. The number of benzene rings is 1. The smallest absolute Gasteiger partial charge is 0.344 e. The van der Waals surface area contributed by atoms with Gasteiger partial charge in [-0.2, -0.15) is 0 Å². The van der Waals surface area contributed by atoms with Gasteiger partial charge in [0.1, 0.15) is 5.76 Å². The number of aliphatic hydroxyl groups is 1. The van der Waals surface area contributed by atoms with Gasteiger partial charge in [-0.25, -0.2) is 4.79 Å². The minimum Gasteiger partial charge on any atom is -0.422 e. The lowest BCUT2D eigenvalue weighted by atomic mass is 10.0. The first kappa shape index (κ1) is 9.93. The molecule has 1 aliphatic heterocycles. The maximum absolute atomic E-state index is 11.4. The van der Waals surface area contributed by atoms with E-state index >= 15 is 0 Å². The first-order chi connectivity index (χ1) is 6.97. The Hall–Kier alpha value is -1.61. The molecule has 0 bridgehead atoms. The summed E-state index contributed by atoms with van der Waals surface area (Å²) in [6, 6.07) is 7.13. The molecular weight excluding hydrogens is 192 g/mol. The van der Waals surface area contributed by atoms with Gasteiger partial charge in [0.05, 0.1) is 11.2 Å². The highest BCUT2D eigenvalue weighted by Crippen LogP contribution is 2.30. The van der Waals surface area contributed by atoms with Gasteiger partial charge in [0.25, 0.3) is 0 Å². The van der Waals surface area contributed by atoms with E-state index in [9.17, 15) is 9.90 Å². The van der Waals surface area contributed by atoms with Crippen molar-refractivity contribution in [1.29, 1.82) is 0 Å². The molecule has 0 atom stereocenters. The molecule has 15 heavy (non-hydrogen) atoms. The molecule has 0 fully saturated rings. The Morgan fingerprint density at radius 1 is 1.27 bits per heavy atom. The normalized spacial score (nSPS) is 17.8. The highest BCUT2D eigenvalue weighted by molar-refractivity contribution is 6.02. The quantitative estimate of drug-likeness (QED) is 0.711. The van der Waals surface area contributed by atoms with E-state index in [2.05, 4.69) is 0 Å². The van der Waals surface area contributed by atoms with E-state index in [0.717, 1.165) is 5.56 Å². The van der Waals surface area contributed by atoms with Crippen molar-refractivity contribution in [2.24, 2.45) is 0 Å². The molecule has 78 valence electrons. The van der Waals surface area contributed by atoms with Crippen LogP contribution in [0.4, 0.5) is 0 Å². The van der Waals surface area contributed by atoms with E-state index < -0.39 is 5.60 Å². The second-order valence-corrected chi connectivity index (χ2v) is 4.10. The summed E-state index contributed by atoms with van der Waals surface area (Å²) in [6.45, 7) is 3.27. The van der Waals surface area contributed by atoms with Crippen molar-refractivity contribution in [2.75, 3.05) is 0 Å². The third kappa shape index (κ3) is 1.92. The van der Waals surface area contributed by atoms with Crippen molar-refractivity contribution >= 4 is 11.7 Å². The van der Waals surface area contributed by atoms with Crippen LogP contribution in [0.1, 0.15) is 29.8 Å². The van der Waals surface area contributed by atoms with Gasteiger partial charge < -0.3 is 9.84 Å². The SMILES string of the molecule is CC(C)(O)/C=C1/OC(=O)c2ccccc21. The molecule has 0 saturated heterocycles.